The first-order valence-corrected chi connectivity index (χ1v) is 9.20. The van der Waals surface area contributed by atoms with Crippen molar-refractivity contribution in [2.24, 2.45) is 5.10 Å². The Kier molecular flexibility index (Phi) is 7.05. The van der Waals surface area contributed by atoms with Gasteiger partial charge in [0.25, 0.3) is 0 Å². The highest BCUT2D eigenvalue weighted by atomic mass is 19.1. The Morgan fingerprint density at radius 2 is 1.90 bits per heavy atom. The van der Waals surface area contributed by atoms with Crippen molar-refractivity contribution in [3.05, 3.63) is 77.5 Å². The van der Waals surface area contributed by atoms with E-state index in [1.807, 2.05) is 13.0 Å². The monoisotopic (exact) mass is 412 g/mol. The summed E-state index contributed by atoms with van der Waals surface area (Å²) in [6.45, 7) is 2.45. The van der Waals surface area contributed by atoms with Crippen molar-refractivity contribution in [3.8, 4) is 11.5 Å². The molecule has 0 fully saturated rings. The van der Waals surface area contributed by atoms with E-state index in [1.54, 1.807) is 36.5 Å². The van der Waals surface area contributed by atoms with Crippen LogP contribution in [0.15, 0.2) is 64.1 Å². The molecule has 3 aromatic rings. The van der Waals surface area contributed by atoms with Crippen LogP contribution in [0.25, 0.3) is 0 Å². The summed E-state index contributed by atoms with van der Waals surface area (Å²) >= 11 is 0. The van der Waals surface area contributed by atoms with Crippen molar-refractivity contribution in [3.63, 3.8) is 0 Å². The summed E-state index contributed by atoms with van der Waals surface area (Å²) in [7, 11) is 1.29. The predicted molar refractivity (Wildman–Crippen MR) is 110 cm³/mol. The molecule has 1 N–H and O–H groups in total. The number of halogens is 1. The fourth-order valence-electron chi connectivity index (χ4n) is 2.51. The summed E-state index contributed by atoms with van der Waals surface area (Å²) < 4.78 is 34.4. The largest absolute Gasteiger partial charge is 0.490 e. The molecule has 30 heavy (non-hydrogen) atoms. The van der Waals surface area contributed by atoms with E-state index in [1.165, 1.54) is 25.3 Å². The van der Waals surface area contributed by atoms with Crippen LogP contribution in [0.1, 0.15) is 28.8 Å². The quantitative estimate of drug-likeness (QED) is 0.314. The molecule has 0 saturated carbocycles. The summed E-state index contributed by atoms with van der Waals surface area (Å²) in [6.07, 6.45) is 1.62. The van der Waals surface area contributed by atoms with Gasteiger partial charge in [0.2, 0.25) is 5.76 Å². The van der Waals surface area contributed by atoms with Gasteiger partial charge in [0, 0.05) is 0 Å². The molecule has 2 aromatic carbocycles. The number of methoxy groups -OCH3 is 1. The highest BCUT2D eigenvalue weighted by Gasteiger charge is 2.12. The first kappa shape index (κ1) is 20.9. The van der Waals surface area contributed by atoms with Gasteiger partial charge in [-0.15, -0.1) is 0 Å². The zero-order valence-corrected chi connectivity index (χ0v) is 16.6. The number of anilines is 1. The van der Waals surface area contributed by atoms with Gasteiger partial charge < -0.3 is 18.6 Å². The van der Waals surface area contributed by atoms with Crippen LogP contribution in [0.3, 0.4) is 0 Å². The minimum absolute atomic E-state index is 0.112. The predicted octanol–water partition coefficient (Wildman–Crippen LogP) is 4.63. The summed E-state index contributed by atoms with van der Waals surface area (Å²) in [5, 5.41) is 4.14. The Bertz CT molecular complexity index is 1010. The second kappa shape index (κ2) is 10.1. The van der Waals surface area contributed by atoms with Crippen molar-refractivity contribution in [2.75, 3.05) is 19.1 Å². The Labute approximate surface area is 173 Å². The number of hydrogen-bond acceptors (Lipinski definition) is 7. The Hall–Kier alpha value is -3.81. The van der Waals surface area contributed by atoms with Crippen LogP contribution in [0.5, 0.6) is 11.5 Å². The van der Waals surface area contributed by atoms with Gasteiger partial charge in [-0.1, -0.05) is 0 Å². The van der Waals surface area contributed by atoms with Crippen LogP contribution in [-0.2, 0) is 11.3 Å². The Balaban J connectivity index is 1.65. The van der Waals surface area contributed by atoms with Crippen molar-refractivity contribution in [1.29, 1.82) is 0 Å². The third-order valence-electron chi connectivity index (χ3n) is 3.94. The van der Waals surface area contributed by atoms with Crippen LogP contribution in [0.4, 0.5) is 10.1 Å². The molecule has 0 aliphatic rings. The van der Waals surface area contributed by atoms with Crippen LogP contribution in [0.2, 0.25) is 0 Å². The minimum atomic E-state index is -0.547. The lowest BCUT2D eigenvalue weighted by molar-refractivity contribution is 0.0561. The zero-order valence-electron chi connectivity index (χ0n) is 16.6. The molecule has 0 unspecified atom stereocenters. The molecule has 0 saturated heterocycles. The molecule has 7 nitrogen and oxygen atoms in total. The number of hydrazone groups is 1. The SMILES string of the molecule is CCOc1cc(/C=N\Nc2ccc(F)cc2)ccc1OCc1ccc(C(=O)OC)o1. The maximum Gasteiger partial charge on any atom is 0.373 e. The lowest BCUT2D eigenvalue weighted by atomic mass is 10.2. The number of hydrogen-bond donors (Lipinski definition) is 1. The molecule has 0 radical (unpaired) electrons. The number of carbonyl (C=O) groups is 1. The van der Waals surface area contributed by atoms with Crippen LogP contribution in [-0.4, -0.2) is 25.9 Å². The number of benzene rings is 2. The number of ether oxygens (including phenoxy) is 3. The van der Waals surface area contributed by atoms with E-state index in [0.717, 1.165) is 5.56 Å². The van der Waals surface area contributed by atoms with Gasteiger partial charge in [0.15, 0.2) is 11.5 Å². The summed E-state index contributed by atoms with van der Waals surface area (Å²) in [4.78, 5) is 11.5. The minimum Gasteiger partial charge on any atom is -0.490 e. The van der Waals surface area contributed by atoms with E-state index in [-0.39, 0.29) is 18.2 Å². The van der Waals surface area contributed by atoms with Gasteiger partial charge in [-0.05, 0) is 67.1 Å². The average molecular weight is 412 g/mol. The molecule has 1 heterocycles. The molecule has 0 atom stereocenters. The van der Waals surface area contributed by atoms with Crippen LogP contribution < -0.4 is 14.9 Å². The zero-order chi connectivity index (χ0) is 21.3. The summed E-state index contributed by atoms with van der Waals surface area (Å²) in [5.41, 5.74) is 4.28. The van der Waals surface area contributed by atoms with Gasteiger partial charge in [-0.25, -0.2) is 9.18 Å². The molecule has 0 aliphatic carbocycles. The first-order valence-electron chi connectivity index (χ1n) is 9.20. The molecule has 3 rings (SSSR count). The van der Waals surface area contributed by atoms with E-state index < -0.39 is 5.97 Å². The van der Waals surface area contributed by atoms with Crippen molar-refractivity contribution >= 4 is 17.9 Å². The second-order valence-corrected chi connectivity index (χ2v) is 6.06. The van der Waals surface area contributed by atoms with Crippen molar-refractivity contribution in [2.45, 2.75) is 13.5 Å². The Morgan fingerprint density at radius 1 is 1.10 bits per heavy atom. The number of rotatable bonds is 9. The third kappa shape index (κ3) is 5.60. The molecular weight excluding hydrogens is 391 g/mol. The molecule has 0 bridgehead atoms. The van der Waals surface area contributed by atoms with E-state index >= 15 is 0 Å². The van der Waals surface area contributed by atoms with E-state index in [0.29, 0.717) is 29.6 Å². The maximum absolute atomic E-state index is 12.9. The fourth-order valence-corrected chi connectivity index (χ4v) is 2.51. The molecule has 0 aliphatic heterocycles. The van der Waals surface area contributed by atoms with Gasteiger partial charge in [0.05, 0.1) is 25.6 Å². The molecule has 156 valence electrons. The lowest BCUT2D eigenvalue weighted by Crippen LogP contribution is -2.01. The lowest BCUT2D eigenvalue weighted by Gasteiger charge is -2.11. The molecular formula is C22H21FN2O5. The normalized spacial score (nSPS) is 10.8. The molecule has 1 aromatic heterocycles. The summed E-state index contributed by atoms with van der Waals surface area (Å²) in [5.74, 6) is 0.805. The van der Waals surface area contributed by atoms with E-state index in [4.69, 9.17) is 13.9 Å². The number of nitrogens with zero attached hydrogens (tertiary/aromatic N) is 1. The second-order valence-electron chi connectivity index (χ2n) is 6.06. The molecule has 0 amide bonds. The third-order valence-corrected chi connectivity index (χ3v) is 3.94. The van der Waals surface area contributed by atoms with E-state index in [2.05, 4.69) is 15.3 Å². The number of esters is 1. The summed E-state index contributed by atoms with van der Waals surface area (Å²) in [6, 6.07) is 14.4. The van der Waals surface area contributed by atoms with Crippen LogP contribution in [0, 0.1) is 5.82 Å². The van der Waals surface area contributed by atoms with E-state index in [9.17, 15) is 9.18 Å². The van der Waals surface area contributed by atoms with Gasteiger partial charge >= 0.3 is 5.97 Å². The number of furan rings is 1. The number of carbonyl (C=O) groups excluding carboxylic acids is 1. The molecule has 0 spiro atoms. The van der Waals surface area contributed by atoms with Gasteiger partial charge in [-0.2, -0.15) is 5.10 Å². The Morgan fingerprint density at radius 3 is 2.63 bits per heavy atom. The number of nitrogens with one attached hydrogen (secondary N) is 1. The van der Waals surface area contributed by atoms with Gasteiger partial charge in [0.1, 0.15) is 18.2 Å². The topological polar surface area (TPSA) is 82.3 Å². The highest BCUT2D eigenvalue weighted by Crippen LogP contribution is 2.29. The first-order chi connectivity index (χ1) is 14.6. The smallest absolute Gasteiger partial charge is 0.373 e. The highest BCUT2D eigenvalue weighted by molar-refractivity contribution is 5.86. The van der Waals surface area contributed by atoms with Crippen molar-refractivity contribution < 1.29 is 27.8 Å². The fraction of sp³-hybridized carbons (Fsp3) is 0.182. The van der Waals surface area contributed by atoms with Crippen molar-refractivity contribution in [1.82, 2.24) is 0 Å². The van der Waals surface area contributed by atoms with Crippen LogP contribution >= 0.6 is 0 Å². The van der Waals surface area contributed by atoms with Gasteiger partial charge in [-0.3, -0.25) is 5.43 Å². The maximum atomic E-state index is 12.9. The molecule has 8 heteroatoms. The standard InChI is InChI=1S/C22H21FN2O5/c1-3-28-21-12-15(13-24-25-17-7-5-16(23)6-8-17)4-10-19(21)29-14-18-9-11-20(30-18)22(26)27-2/h4-13,25H,3,14H2,1-2H3/b24-13-. The average Bonchev–Trinajstić information content (AvgIpc) is 3.23.